The van der Waals surface area contributed by atoms with Crippen molar-refractivity contribution in [2.75, 3.05) is 19.0 Å². The summed E-state index contributed by atoms with van der Waals surface area (Å²) in [7, 11) is 3.82. The summed E-state index contributed by atoms with van der Waals surface area (Å²) in [5.41, 5.74) is 2.36. The number of hydrogen-bond acceptors (Lipinski definition) is 5. The Balaban J connectivity index is 2.06. The number of anilines is 1. The molecule has 0 unspecified atom stereocenters. The topological polar surface area (TPSA) is 59.7 Å². The van der Waals surface area contributed by atoms with Crippen LogP contribution in [0.4, 0.5) is 5.82 Å². The van der Waals surface area contributed by atoms with E-state index in [9.17, 15) is 0 Å². The van der Waals surface area contributed by atoms with Crippen molar-refractivity contribution in [3.8, 4) is 0 Å². The van der Waals surface area contributed by atoms with Crippen LogP contribution < -0.4 is 4.90 Å². The fourth-order valence-corrected chi connectivity index (χ4v) is 2.20. The van der Waals surface area contributed by atoms with Crippen LogP contribution in [0, 0.1) is 0 Å². The van der Waals surface area contributed by atoms with Crippen LogP contribution in [0.5, 0.6) is 0 Å². The highest BCUT2D eigenvalue weighted by atomic mass is 35.5. The fraction of sp³-hybridized carbons (Fsp3) is 0.231. The predicted molar refractivity (Wildman–Crippen MR) is 78.0 cm³/mol. The highest BCUT2D eigenvalue weighted by Gasteiger charge is 2.13. The molecule has 6 nitrogen and oxygen atoms in total. The van der Waals surface area contributed by atoms with Crippen molar-refractivity contribution in [2.45, 2.75) is 6.54 Å². The summed E-state index contributed by atoms with van der Waals surface area (Å²) in [4.78, 5) is 10.4. The number of benzene rings is 1. The Morgan fingerprint density at radius 2 is 2.00 bits per heavy atom. The molecule has 3 aromatic rings. The van der Waals surface area contributed by atoms with E-state index in [1.807, 2.05) is 43.3 Å². The zero-order valence-corrected chi connectivity index (χ0v) is 11.9. The highest BCUT2D eigenvalue weighted by Crippen LogP contribution is 2.21. The molecule has 0 amide bonds. The van der Waals surface area contributed by atoms with Gasteiger partial charge in [-0.1, -0.05) is 35.0 Å². The van der Waals surface area contributed by atoms with Crippen LogP contribution in [0.2, 0.25) is 5.02 Å². The van der Waals surface area contributed by atoms with E-state index in [-0.39, 0.29) is 0 Å². The standard InChI is InChI=1S/C13H13ClN6/c1-19(2)12-11-13(16-8-15-12)20(18-17-11)7-9-5-3-4-6-10(9)14/h3-6,8H,7H2,1-2H3. The minimum absolute atomic E-state index is 0.528. The van der Waals surface area contributed by atoms with Crippen molar-refractivity contribution in [3.63, 3.8) is 0 Å². The first kappa shape index (κ1) is 12.8. The van der Waals surface area contributed by atoms with Crippen LogP contribution in [0.15, 0.2) is 30.6 Å². The van der Waals surface area contributed by atoms with Crippen molar-refractivity contribution >= 4 is 28.6 Å². The number of aromatic nitrogens is 5. The molecule has 0 aliphatic rings. The van der Waals surface area contributed by atoms with Crippen molar-refractivity contribution in [2.24, 2.45) is 0 Å². The Kier molecular flexibility index (Phi) is 3.23. The summed E-state index contributed by atoms with van der Waals surface area (Å²) in [6.07, 6.45) is 1.52. The number of hydrogen-bond donors (Lipinski definition) is 0. The summed E-state index contributed by atoms with van der Waals surface area (Å²) in [5, 5.41) is 9.03. The smallest absolute Gasteiger partial charge is 0.184 e. The summed E-state index contributed by atoms with van der Waals surface area (Å²) >= 11 is 6.17. The molecule has 0 radical (unpaired) electrons. The summed E-state index contributed by atoms with van der Waals surface area (Å²) in [5.74, 6) is 0.750. The van der Waals surface area contributed by atoms with Crippen LogP contribution in [-0.2, 0) is 6.54 Å². The van der Waals surface area contributed by atoms with Gasteiger partial charge in [0.2, 0.25) is 0 Å². The summed E-state index contributed by atoms with van der Waals surface area (Å²) < 4.78 is 1.73. The van der Waals surface area contributed by atoms with E-state index < -0.39 is 0 Å². The summed E-state index contributed by atoms with van der Waals surface area (Å²) in [6, 6.07) is 7.66. The van der Waals surface area contributed by atoms with Crippen LogP contribution in [0.25, 0.3) is 11.2 Å². The normalized spacial score (nSPS) is 10.9. The van der Waals surface area contributed by atoms with Gasteiger partial charge in [0, 0.05) is 19.1 Å². The number of rotatable bonds is 3. The average molecular weight is 289 g/mol. The number of halogens is 1. The third-order valence-electron chi connectivity index (χ3n) is 2.98. The van der Waals surface area contributed by atoms with Gasteiger partial charge in [0.1, 0.15) is 6.33 Å². The quantitative estimate of drug-likeness (QED) is 0.738. The molecule has 0 fully saturated rings. The molecule has 0 atom stereocenters. The van der Waals surface area contributed by atoms with E-state index >= 15 is 0 Å². The van der Waals surface area contributed by atoms with Crippen LogP contribution in [0.3, 0.4) is 0 Å². The fourth-order valence-electron chi connectivity index (χ4n) is 2.00. The molecule has 20 heavy (non-hydrogen) atoms. The Morgan fingerprint density at radius 3 is 2.75 bits per heavy atom. The van der Waals surface area contributed by atoms with E-state index in [4.69, 9.17) is 11.6 Å². The second kappa shape index (κ2) is 5.05. The van der Waals surface area contributed by atoms with E-state index in [1.165, 1.54) is 6.33 Å². The van der Waals surface area contributed by atoms with E-state index in [0.717, 1.165) is 11.4 Å². The van der Waals surface area contributed by atoms with Crippen molar-refractivity contribution in [1.29, 1.82) is 0 Å². The molecule has 0 aliphatic carbocycles. The predicted octanol–water partition coefficient (Wildman–Crippen LogP) is 1.99. The van der Waals surface area contributed by atoms with Crippen molar-refractivity contribution in [3.05, 3.63) is 41.2 Å². The lowest BCUT2D eigenvalue weighted by Crippen LogP contribution is -2.11. The van der Waals surface area contributed by atoms with Gasteiger partial charge in [-0.2, -0.15) is 0 Å². The monoisotopic (exact) mass is 288 g/mol. The van der Waals surface area contributed by atoms with Gasteiger partial charge < -0.3 is 4.90 Å². The maximum absolute atomic E-state index is 6.17. The second-order valence-electron chi connectivity index (χ2n) is 4.60. The lowest BCUT2D eigenvalue weighted by atomic mass is 10.2. The molecule has 1 aromatic carbocycles. The van der Waals surface area contributed by atoms with E-state index in [1.54, 1.807) is 4.68 Å². The first-order chi connectivity index (χ1) is 9.66. The molecule has 0 saturated carbocycles. The van der Waals surface area contributed by atoms with E-state index in [0.29, 0.717) is 22.7 Å². The highest BCUT2D eigenvalue weighted by molar-refractivity contribution is 6.31. The minimum atomic E-state index is 0.528. The lowest BCUT2D eigenvalue weighted by molar-refractivity contribution is 0.664. The zero-order valence-electron chi connectivity index (χ0n) is 11.2. The first-order valence-electron chi connectivity index (χ1n) is 6.11. The zero-order chi connectivity index (χ0) is 14.1. The van der Waals surface area contributed by atoms with Crippen LogP contribution >= 0.6 is 11.6 Å². The van der Waals surface area contributed by atoms with Gasteiger partial charge in [-0.3, -0.25) is 0 Å². The molecule has 0 saturated heterocycles. The Morgan fingerprint density at radius 1 is 1.20 bits per heavy atom. The SMILES string of the molecule is CN(C)c1ncnc2c1nnn2Cc1ccccc1Cl. The molecule has 7 heteroatoms. The Hall–Kier alpha value is -2.21. The molecule has 0 N–H and O–H groups in total. The third-order valence-corrected chi connectivity index (χ3v) is 3.35. The molecule has 102 valence electrons. The number of nitrogens with zero attached hydrogens (tertiary/aromatic N) is 6. The Labute approximate surface area is 121 Å². The molecular weight excluding hydrogens is 276 g/mol. The average Bonchev–Trinajstić information content (AvgIpc) is 2.84. The van der Waals surface area contributed by atoms with Crippen LogP contribution in [0.1, 0.15) is 5.56 Å². The molecule has 0 spiro atoms. The maximum Gasteiger partial charge on any atom is 0.184 e. The van der Waals surface area contributed by atoms with Gasteiger partial charge in [-0.25, -0.2) is 14.6 Å². The minimum Gasteiger partial charge on any atom is -0.361 e. The van der Waals surface area contributed by atoms with Gasteiger partial charge in [0.25, 0.3) is 0 Å². The molecule has 0 aliphatic heterocycles. The second-order valence-corrected chi connectivity index (χ2v) is 5.01. The third kappa shape index (κ3) is 2.18. The Bertz CT molecular complexity index is 751. The van der Waals surface area contributed by atoms with E-state index in [2.05, 4.69) is 20.3 Å². The van der Waals surface area contributed by atoms with Gasteiger partial charge in [-0.05, 0) is 11.6 Å². The first-order valence-corrected chi connectivity index (χ1v) is 6.49. The van der Waals surface area contributed by atoms with Crippen molar-refractivity contribution in [1.82, 2.24) is 25.0 Å². The van der Waals surface area contributed by atoms with Gasteiger partial charge in [0.05, 0.1) is 6.54 Å². The molecule has 2 aromatic heterocycles. The molecule has 2 heterocycles. The van der Waals surface area contributed by atoms with Crippen molar-refractivity contribution < 1.29 is 0 Å². The largest absolute Gasteiger partial charge is 0.361 e. The van der Waals surface area contributed by atoms with Gasteiger partial charge in [-0.15, -0.1) is 5.10 Å². The maximum atomic E-state index is 6.17. The van der Waals surface area contributed by atoms with Gasteiger partial charge >= 0.3 is 0 Å². The molecular formula is C13H13ClN6. The molecule has 0 bridgehead atoms. The lowest BCUT2D eigenvalue weighted by Gasteiger charge is -2.10. The van der Waals surface area contributed by atoms with Crippen LogP contribution in [-0.4, -0.2) is 39.1 Å². The number of fused-ring (bicyclic) bond motifs is 1. The molecule has 3 rings (SSSR count). The summed E-state index contributed by atoms with van der Waals surface area (Å²) in [6.45, 7) is 0.528. The van der Waals surface area contributed by atoms with Gasteiger partial charge in [0.15, 0.2) is 17.0 Å².